The van der Waals surface area contributed by atoms with Crippen LogP contribution in [0.1, 0.15) is 5.56 Å². The lowest BCUT2D eigenvalue weighted by Crippen LogP contribution is -2.11. The van der Waals surface area contributed by atoms with Gasteiger partial charge in [-0.05, 0) is 18.2 Å². The molecule has 3 N–H and O–H groups in total. The van der Waals surface area contributed by atoms with Crippen LogP contribution in [0.4, 0.5) is 0 Å². The first-order valence-corrected chi connectivity index (χ1v) is 5.61. The van der Waals surface area contributed by atoms with Gasteiger partial charge in [-0.2, -0.15) is 5.26 Å². The summed E-state index contributed by atoms with van der Waals surface area (Å²) in [6.45, 7) is 0. The zero-order valence-corrected chi connectivity index (χ0v) is 8.38. The lowest BCUT2D eigenvalue weighted by atomic mass is 10.2. The molecule has 0 aliphatic heterocycles. The molecular weight excluding hydrogens is 214 g/mol. The highest BCUT2D eigenvalue weighted by Crippen LogP contribution is 2.22. The minimum absolute atomic E-state index is 0.00889. The van der Waals surface area contributed by atoms with Crippen LogP contribution in [-0.2, 0) is 10.0 Å². The Morgan fingerprint density at radius 2 is 2.13 bits per heavy atom. The molecule has 2 aromatic rings. The Hall–Kier alpha value is -1.84. The number of H-pyrrole nitrogens is 1. The van der Waals surface area contributed by atoms with Crippen LogP contribution >= 0.6 is 0 Å². The van der Waals surface area contributed by atoms with Crippen molar-refractivity contribution in [3.63, 3.8) is 0 Å². The Morgan fingerprint density at radius 1 is 1.40 bits per heavy atom. The number of nitrogens with one attached hydrogen (secondary N) is 1. The number of hydrogen-bond donors (Lipinski definition) is 2. The molecule has 1 aromatic carbocycles. The average Bonchev–Trinajstić information content (AvgIpc) is 2.59. The van der Waals surface area contributed by atoms with Crippen molar-refractivity contribution in [3.05, 3.63) is 30.0 Å². The number of hydrogen-bond acceptors (Lipinski definition) is 3. The molecule has 15 heavy (non-hydrogen) atoms. The van der Waals surface area contributed by atoms with Crippen LogP contribution in [0.5, 0.6) is 0 Å². The van der Waals surface area contributed by atoms with E-state index in [2.05, 4.69) is 4.98 Å². The van der Waals surface area contributed by atoms with E-state index in [0.717, 1.165) is 0 Å². The van der Waals surface area contributed by atoms with Crippen LogP contribution in [0.25, 0.3) is 10.9 Å². The second-order valence-corrected chi connectivity index (χ2v) is 4.60. The van der Waals surface area contributed by atoms with Gasteiger partial charge in [-0.25, -0.2) is 13.6 Å². The van der Waals surface area contributed by atoms with Crippen LogP contribution < -0.4 is 5.14 Å². The maximum atomic E-state index is 11.2. The van der Waals surface area contributed by atoms with E-state index in [1.165, 1.54) is 12.3 Å². The van der Waals surface area contributed by atoms with Crippen molar-refractivity contribution in [2.24, 2.45) is 5.14 Å². The van der Waals surface area contributed by atoms with E-state index in [1.54, 1.807) is 12.1 Å². The largest absolute Gasteiger partial charge is 0.360 e. The summed E-state index contributed by atoms with van der Waals surface area (Å²) >= 11 is 0. The van der Waals surface area contributed by atoms with Crippen molar-refractivity contribution in [2.45, 2.75) is 4.90 Å². The van der Waals surface area contributed by atoms with Gasteiger partial charge in [-0.1, -0.05) is 0 Å². The third-order valence-corrected chi connectivity index (χ3v) is 3.03. The number of rotatable bonds is 1. The van der Waals surface area contributed by atoms with E-state index < -0.39 is 10.0 Å². The monoisotopic (exact) mass is 221 g/mol. The molecule has 5 nitrogen and oxygen atoms in total. The molecule has 0 aliphatic carbocycles. The van der Waals surface area contributed by atoms with Crippen molar-refractivity contribution in [1.82, 2.24) is 4.98 Å². The summed E-state index contributed by atoms with van der Waals surface area (Å²) in [7, 11) is -3.75. The molecule has 6 heteroatoms. The number of nitriles is 1. The minimum Gasteiger partial charge on any atom is -0.360 e. The highest BCUT2D eigenvalue weighted by atomic mass is 32.2. The molecule has 0 fully saturated rings. The molecule has 0 aliphatic rings. The quantitative estimate of drug-likeness (QED) is 0.740. The first-order chi connectivity index (χ1) is 7.02. The van der Waals surface area contributed by atoms with Gasteiger partial charge in [0, 0.05) is 17.1 Å². The Bertz CT molecular complexity index is 664. The number of nitrogens with two attached hydrogens (primary N) is 1. The molecule has 0 amide bonds. The summed E-state index contributed by atoms with van der Waals surface area (Å²) in [6, 6.07) is 6.67. The molecule has 2 rings (SSSR count). The molecule has 0 bridgehead atoms. The smallest absolute Gasteiger partial charge is 0.240 e. The van der Waals surface area contributed by atoms with Gasteiger partial charge in [0.05, 0.1) is 11.6 Å². The van der Waals surface area contributed by atoms with Gasteiger partial charge in [-0.3, -0.25) is 0 Å². The Labute approximate surface area is 86.2 Å². The van der Waals surface area contributed by atoms with Crippen LogP contribution in [0.3, 0.4) is 0 Å². The maximum absolute atomic E-state index is 11.2. The molecule has 0 radical (unpaired) electrons. The summed E-state index contributed by atoms with van der Waals surface area (Å²) in [5.41, 5.74) is 1.03. The van der Waals surface area contributed by atoms with Gasteiger partial charge < -0.3 is 4.98 Å². The van der Waals surface area contributed by atoms with E-state index >= 15 is 0 Å². The standard InChI is InChI=1S/C9H7N3O2S/c10-4-6-1-2-8-7(3-6)9(5-12-8)15(11,13)14/h1-3,5,12H,(H2,11,13,14). The molecule has 0 saturated carbocycles. The Balaban J connectivity index is 2.85. The highest BCUT2D eigenvalue weighted by Gasteiger charge is 2.14. The highest BCUT2D eigenvalue weighted by molar-refractivity contribution is 7.89. The van der Waals surface area contributed by atoms with E-state index in [1.807, 2.05) is 6.07 Å². The molecule has 0 atom stereocenters. The van der Waals surface area contributed by atoms with Crippen LogP contribution in [0, 0.1) is 11.3 Å². The van der Waals surface area contributed by atoms with Crippen molar-refractivity contribution >= 4 is 20.9 Å². The zero-order valence-electron chi connectivity index (χ0n) is 7.56. The predicted octanol–water partition coefficient (Wildman–Crippen LogP) is 0.687. The molecule has 76 valence electrons. The van der Waals surface area contributed by atoms with Gasteiger partial charge >= 0.3 is 0 Å². The SMILES string of the molecule is N#Cc1ccc2[nH]cc(S(N)(=O)=O)c2c1. The topological polar surface area (TPSA) is 99.7 Å². The first kappa shape index (κ1) is 9.71. The Kier molecular flexibility index (Phi) is 2.00. The fourth-order valence-corrected chi connectivity index (χ4v) is 2.10. The fraction of sp³-hybridized carbons (Fsp3) is 0. The van der Waals surface area contributed by atoms with Gasteiger partial charge in [0.25, 0.3) is 0 Å². The summed E-state index contributed by atoms with van der Waals surface area (Å²) in [5, 5.41) is 14.2. The molecular formula is C9H7N3O2S. The maximum Gasteiger partial charge on any atom is 0.240 e. The zero-order chi connectivity index (χ0) is 11.1. The van der Waals surface area contributed by atoms with E-state index in [0.29, 0.717) is 16.5 Å². The lowest BCUT2D eigenvalue weighted by molar-refractivity contribution is 0.598. The van der Waals surface area contributed by atoms with Crippen molar-refractivity contribution in [1.29, 1.82) is 5.26 Å². The van der Waals surface area contributed by atoms with Gasteiger partial charge in [0.15, 0.2) is 0 Å². The van der Waals surface area contributed by atoms with Crippen LogP contribution in [0.15, 0.2) is 29.3 Å². The van der Waals surface area contributed by atoms with E-state index in [4.69, 9.17) is 10.4 Å². The number of nitrogens with zero attached hydrogens (tertiary/aromatic N) is 1. The third-order valence-electron chi connectivity index (χ3n) is 2.08. The summed E-state index contributed by atoms with van der Waals surface area (Å²) in [5.74, 6) is 0. The molecule has 1 aromatic heterocycles. The van der Waals surface area contributed by atoms with Gasteiger partial charge in [0.1, 0.15) is 4.90 Å². The first-order valence-electron chi connectivity index (χ1n) is 4.06. The van der Waals surface area contributed by atoms with E-state index in [9.17, 15) is 8.42 Å². The van der Waals surface area contributed by atoms with Crippen molar-refractivity contribution in [3.8, 4) is 6.07 Å². The lowest BCUT2D eigenvalue weighted by Gasteiger charge is -1.95. The number of fused-ring (bicyclic) bond motifs is 1. The van der Waals surface area contributed by atoms with E-state index in [-0.39, 0.29) is 4.90 Å². The fourth-order valence-electron chi connectivity index (χ4n) is 1.40. The number of aromatic nitrogens is 1. The van der Waals surface area contributed by atoms with Gasteiger partial charge in [0.2, 0.25) is 10.0 Å². The minimum atomic E-state index is -3.75. The average molecular weight is 221 g/mol. The van der Waals surface area contributed by atoms with Gasteiger partial charge in [-0.15, -0.1) is 0 Å². The predicted molar refractivity (Wildman–Crippen MR) is 54.4 cm³/mol. The summed E-state index contributed by atoms with van der Waals surface area (Å²) < 4.78 is 22.4. The Morgan fingerprint density at radius 3 is 2.73 bits per heavy atom. The number of sulfonamides is 1. The molecule has 1 heterocycles. The molecule has 0 spiro atoms. The normalized spacial score (nSPS) is 11.5. The molecule has 0 saturated heterocycles. The number of benzene rings is 1. The van der Waals surface area contributed by atoms with Crippen LogP contribution in [0.2, 0.25) is 0 Å². The second-order valence-electron chi connectivity index (χ2n) is 3.07. The number of primary sulfonamides is 1. The van der Waals surface area contributed by atoms with Crippen molar-refractivity contribution < 1.29 is 8.42 Å². The number of aromatic amines is 1. The molecule has 0 unspecified atom stereocenters. The summed E-state index contributed by atoms with van der Waals surface area (Å²) in [6.07, 6.45) is 1.32. The van der Waals surface area contributed by atoms with Crippen LogP contribution in [-0.4, -0.2) is 13.4 Å². The second kappa shape index (κ2) is 3.08. The van der Waals surface area contributed by atoms with Crippen molar-refractivity contribution in [2.75, 3.05) is 0 Å². The third kappa shape index (κ3) is 1.58. The summed E-state index contributed by atoms with van der Waals surface area (Å²) in [4.78, 5) is 2.79.